The zero-order valence-electron chi connectivity index (χ0n) is 11.0. The van der Waals surface area contributed by atoms with Crippen molar-refractivity contribution in [3.63, 3.8) is 0 Å². The molecule has 0 aromatic rings. The lowest BCUT2D eigenvalue weighted by molar-refractivity contribution is -0.142. The van der Waals surface area contributed by atoms with Crippen LogP contribution in [0.5, 0.6) is 0 Å². The van der Waals surface area contributed by atoms with Gasteiger partial charge in [0.2, 0.25) is 0 Å². The Balaban J connectivity index is 2.83. The van der Waals surface area contributed by atoms with Crippen molar-refractivity contribution in [2.24, 2.45) is 0 Å². The van der Waals surface area contributed by atoms with E-state index in [1.807, 2.05) is 6.92 Å². The third kappa shape index (κ3) is 3.43. The van der Waals surface area contributed by atoms with Crippen molar-refractivity contribution in [2.75, 3.05) is 20.1 Å². The Labute approximate surface area is 109 Å². The molecule has 1 atom stereocenters. The second-order valence-corrected chi connectivity index (χ2v) is 6.63. The van der Waals surface area contributed by atoms with E-state index in [-0.39, 0.29) is 0 Å². The Bertz CT molecular complexity index is 383. The van der Waals surface area contributed by atoms with Gasteiger partial charge < -0.3 is 5.11 Å². The molecule has 1 aliphatic rings. The zero-order valence-corrected chi connectivity index (χ0v) is 11.8. The molecule has 18 heavy (non-hydrogen) atoms. The predicted molar refractivity (Wildman–Crippen MR) is 68.4 cm³/mol. The Morgan fingerprint density at radius 1 is 1.44 bits per heavy atom. The fraction of sp³-hybridized carbons (Fsp3) is 0.909. The quantitative estimate of drug-likeness (QED) is 0.783. The van der Waals surface area contributed by atoms with Gasteiger partial charge in [-0.3, -0.25) is 4.79 Å². The van der Waals surface area contributed by atoms with Crippen molar-refractivity contribution in [3.8, 4) is 0 Å². The smallest absolute Gasteiger partial charge is 0.322 e. The summed E-state index contributed by atoms with van der Waals surface area (Å²) in [6.07, 6.45) is 3.58. The van der Waals surface area contributed by atoms with Gasteiger partial charge in [-0.1, -0.05) is 13.3 Å². The van der Waals surface area contributed by atoms with E-state index in [0.29, 0.717) is 19.5 Å². The highest BCUT2D eigenvalue weighted by Crippen LogP contribution is 2.22. The molecule has 1 aliphatic heterocycles. The summed E-state index contributed by atoms with van der Waals surface area (Å²) in [4.78, 5) is 11.1. The van der Waals surface area contributed by atoms with Crippen molar-refractivity contribution < 1.29 is 18.3 Å². The Hall–Kier alpha value is -0.660. The second-order valence-electron chi connectivity index (χ2n) is 4.64. The number of nitrogens with zero attached hydrogens (tertiary/aromatic N) is 2. The fourth-order valence-corrected chi connectivity index (χ4v) is 3.70. The summed E-state index contributed by atoms with van der Waals surface area (Å²) in [5.74, 6) is -1.05. The molecule has 6 nitrogen and oxygen atoms in total. The lowest BCUT2D eigenvalue weighted by Crippen LogP contribution is -2.52. The predicted octanol–water partition coefficient (Wildman–Crippen LogP) is 0.902. The molecule has 0 radical (unpaired) electrons. The van der Waals surface area contributed by atoms with Gasteiger partial charge >= 0.3 is 5.97 Å². The maximum Gasteiger partial charge on any atom is 0.322 e. The molecule has 0 amide bonds. The molecule has 0 aromatic carbocycles. The minimum atomic E-state index is -3.64. The molecule has 0 saturated carbocycles. The molecule has 1 N–H and O–H groups in total. The van der Waals surface area contributed by atoms with Gasteiger partial charge in [0.05, 0.1) is 0 Å². The topological polar surface area (TPSA) is 77.9 Å². The molecule has 1 unspecified atom stereocenters. The Kier molecular flexibility index (Phi) is 5.55. The monoisotopic (exact) mass is 278 g/mol. The number of carboxylic acids is 1. The van der Waals surface area contributed by atoms with Crippen molar-refractivity contribution in [3.05, 3.63) is 0 Å². The third-order valence-electron chi connectivity index (χ3n) is 3.26. The van der Waals surface area contributed by atoms with Crippen LogP contribution in [0.2, 0.25) is 0 Å². The highest BCUT2D eigenvalue weighted by molar-refractivity contribution is 7.86. The van der Waals surface area contributed by atoms with Gasteiger partial charge in [0, 0.05) is 20.1 Å². The molecule has 106 valence electrons. The summed E-state index contributed by atoms with van der Waals surface area (Å²) in [6.45, 7) is 2.72. The molecule has 1 saturated heterocycles. The van der Waals surface area contributed by atoms with Gasteiger partial charge in [-0.05, 0) is 25.7 Å². The van der Waals surface area contributed by atoms with Gasteiger partial charge in [-0.2, -0.15) is 17.0 Å². The average molecular weight is 278 g/mol. The van der Waals surface area contributed by atoms with E-state index >= 15 is 0 Å². The van der Waals surface area contributed by atoms with Gasteiger partial charge in [0.25, 0.3) is 10.2 Å². The van der Waals surface area contributed by atoms with Crippen LogP contribution in [-0.4, -0.2) is 54.3 Å². The van der Waals surface area contributed by atoms with Crippen LogP contribution in [0.15, 0.2) is 0 Å². The number of carboxylic acid groups (broad SMARTS) is 1. The minimum absolute atomic E-state index is 0.301. The first-order valence-corrected chi connectivity index (χ1v) is 7.77. The van der Waals surface area contributed by atoms with Crippen LogP contribution in [0.3, 0.4) is 0 Å². The third-order valence-corrected chi connectivity index (χ3v) is 5.26. The SMILES string of the molecule is CCCCN(C)S(=O)(=O)N1CCCCC1C(=O)O. The highest BCUT2D eigenvalue weighted by atomic mass is 32.2. The lowest BCUT2D eigenvalue weighted by Gasteiger charge is -2.34. The first-order valence-electron chi connectivity index (χ1n) is 6.37. The summed E-state index contributed by atoms with van der Waals surface area (Å²) in [5, 5.41) is 9.11. The zero-order chi connectivity index (χ0) is 13.8. The lowest BCUT2D eigenvalue weighted by atomic mass is 10.1. The number of aliphatic carboxylic acids is 1. The van der Waals surface area contributed by atoms with Gasteiger partial charge in [0.15, 0.2) is 0 Å². The van der Waals surface area contributed by atoms with Crippen molar-refractivity contribution >= 4 is 16.2 Å². The summed E-state index contributed by atoms with van der Waals surface area (Å²) < 4.78 is 27.0. The van der Waals surface area contributed by atoms with Crippen molar-refractivity contribution in [1.82, 2.24) is 8.61 Å². The van der Waals surface area contributed by atoms with Crippen LogP contribution in [0, 0.1) is 0 Å². The molecular formula is C11H22N2O4S. The Morgan fingerprint density at radius 2 is 2.11 bits per heavy atom. The van der Waals surface area contributed by atoms with E-state index in [4.69, 9.17) is 5.11 Å². The van der Waals surface area contributed by atoms with Gasteiger partial charge in [-0.25, -0.2) is 0 Å². The van der Waals surface area contributed by atoms with Crippen LogP contribution in [0.1, 0.15) is 39.0 Å². The minimum Gasteiger partial charge on any atom is -0.480 e. The number of hydrogen-bond donors (Lipinski definition) is 1. The number of piperidine rings is 1. The maximum atomic E-state index is 12.3. The number of rotatable bonds is 6. The van der Waals surface area contributed by atoms with Crippen molar-refractivity contribution in [2.45, 2.75) is 45.1 Å². The molecule has 7 heteroatoms. The first kappa shape index (κ1) is 15.4. The van der Waals surface area contributed by atoms with Crippen LogP contribution in [-0.2, 0) is 15.0 Å². The molecule has 1 heterocycles. The average Bonchev–Trinajstić information content (AvgIpc) is 2.35. The summed E-state index contributed by atoms with van der Waals surface area (Å²) in [5.41, 5.74) is 0. The normalized spacial score (nSPS) is 22.3. The van der Waals surface area contributed by atoms with E-state index in [1.165, 1.54) is 11.4 Å². The summed E-state index contributed by atoms with van der Waals surface area (Å²) in [6, 6.07) is -0.909. The molecule has 1 rings (SSSR count). The molecular weight excluding hydrogens is 256 g/mol. The second kappa shape index (κ2) is 6.49. The molecule has 1 fully saturated rings. The highest BCUT2D eigenvalue weighted by Gasteiger charge is 2.38. The maximum absolute atomic E-state index is 12.3. The number of hydrogen-bond acceptors (Lipinski definition) is 3. The standard InChI is InChI=1S/C11H22N2O4S/c1-3-4-8-12(2)18(16,17)13-9-6-5-7-10(13)11(14)15/h10H,3-9H2,1-2H3,(H,14,15). The molecule has 0 bridgehead atoms. The largest absolute Gasteiger partial charge is 0.480 e. The number of unbranched alkanes of at least 4 members (excludes halogenated alkanes) is 1. The first-order chi connectivity index (χ1) is 8.41. The number of carbonyl (C=O) groups is 1. The van der Waals surface area contributed by atoms with E-state index in [9.17, 15) is 13.2 Å². The van der Waals surface area contributed by atoms with E-state index < -0.39 is 22.2 Å². The van der Waals surface area contributed by atoms with E-state index in [2.05, 4.69) is 0 Å². The van der Waals surface area contributed by atoms with Crippen LogP contribution in [0.25, 0.3) is 0 Å². The summed E-state index contributed by atoms with van der Waals surface area (Å²) >= 11 is 0. The summed E-state index contributed by atoms with van der Waals surface area (Å²) in [7, 11) is -2.13. The fourth-order valence-electron chi connectivity index (χ4n) is 2.10. The molecule has 0 spiro atoms. The molecule has 0 aromatic heterocycles. The van der Waals surface area contributed by atoms with Crippen LogP contribution < -0.4 is 0 Å². The van der Waals surface area contributed by atoms with Crippen LogP contribution in [0.4, 0.5) is 0 Å². The van der Waals surface area contributed by atoms with Gasteiger partial charge in [-0.15, -0.1) is 0 Å². The Morgan fingerprint density at radius 3 is 2.67 bits per heavy atom. The van der Waals surface area contributed by atoms with Gasteiger partial charge in [0.1, 0.15) is 6.04 Å². The molecule has 0 aliphatic carbocycles. The van der Waals surface area contributed by atoms with Crippen molar-refractivity contribution in [1.29, 1.82) is 0 Å². The van der Waals surface area contributed by atoms with E-state index in [1.54, 1.807) is 0 Å². The van der Waals surface area contributed by atoms with E-state index in [0.717, 1.165) is 30.0 Å². The van der Waals surface area contributed by atoms with Crippen LogP contribution >= 0.6 is 0 Å².